The standard InChI is InChI=1S/C34H40N2O6/c1-5-20-41-27-15-11-14-26(21-27)32(37)30-31(36(34(39)33(30)38)19-18-35(6-2)7-3)25-16-17-28(29(22-25)40-4)42-23-24-12-9-8-10-13-24/h8-17,21-22,31,37H,5-7,18-20,23H2,1-4H3. The van der Waals surface area contributed by atoms with Gasteiger partial charge in [0.05, 0.1) is 25.3 Å². The fraction of sp³-hybridized carbons (Fsp3) is 0.353. The van der Waals surface area contributed by atoms with Crippen LogP contribution in [-0.4, -0.2) is 66.5 Å². The minimum absolute atomic E-state index is 0.0344. The van der Waals surface area contributed by atoms with Gasteiger partial charge in [-0.1, -0.05) is 69.3 Å². The van der Waals surface area contributed by atoms with Gasteiger partial charge < -0.3 is 29.1 Å². The quantitative estimate of drug-likeness (QED) is 0.148. The zero-order chi connectivity index (χ0) is 30.1. The maximum Gasteiger partial charge on any atom is 0.295 e. The van der Waals surface area contributed by atoms with Gasteiger partial charge in [0.1, 0.15) is 18.1 Å². The van der Waals surface area contributed by atoms with Crippen molar-refractivity contribution in [3.05, 3.63) is 95.1 Å². The normalized spacial score (nSPS) is 16.2. The Morgan fingerprint density at radius 2 is 1.67 bits per heavy atom. The first kappa shape index (κ1) is 30.7. The third-order valence-corrected chi connectivity index (χ3v) is 7.41. The second-order valence-electron chi connectivity index (χ2n) is 10.1. The van der Waals surface area contributed by atoms with E-state index in [2.05, 4.69) is 18.7 Å². The van der Waals surface area contributed by atoms with Crippen LogP contribution < -0.4 is 14.2 Å². The molecule has 0 bridgehead atoms. The number of likely N-dealkylation sites (tertiary alicyclic amines) is 1. The molecule has 0 saturated carbocycles. The monoisotopic (exact) mass is 572 g/mol. The van der Waals surface area contributed by atoms with E-state index in [1.165, 1.54) is 0 Å². The van der Waals surface area contributed by atoms with E-state index in [0.717, 1.165) is 25.1 Å². The van der Waals surface area contributed by atoms with Crippen molar-refractivity contribution in [3.8, 4) is 17.2 Å². The van der Waals surface area contributed by atoms with Crippen molar-refractivity contribution in [2.24, 2.45) is 0 Å². The highest BCUT2D eigenvalue weighted by Gasteiger charge is 2.46. The molecule has 1 saturated heterocycles. The van der Waals surface area contributed by atoms with Crippen molar-refractivity contribution >= 4 is 17.4 Å². The molecule has 1 N–H and O–H groups in total. The van der Waals surface area contributed by atoms with Crippen molar-refractivity contribution < 1.29 is 28.9 Å². The first-order valence-corrected chi connectivity index (χ1v) is 14.5. The molecule has 222 valence electrons. The van der Waals surface area contributed by atoms with Crippen LogP contribution in [-0.2, 0) is 16.2 Å². The lowest BCUT2D eigenvalue weighted by Crippen LogP contribution is -2.38. The smallest absolute Gasteiger partial charge is 0.295 e. The van der Waals surface area contributed by atoms with Crippen LogP contribution in [0.5, 0.6) is 17.2 Å². The SMILES string of the molecule is CCCOc1cccc(C(O)=C2C(=O)C(=O)N(CCN(CC)CC)C2c2ccc(OCc3ccccc3)c(OC)c2)c1. The average molecular weight is 573 g/mol. The number of carbonyl (C=O) groups excluding carboxylic acids is 2. The third-order valence-electron chi connectivity index (χ3n) is 7.41. The number of aliphatic hydroxyl groups is 1. The molecular weight excluding hydrogens is 532 g/mol. The predicted molar refractivity (Wildman–Crippen MR) is 163 cm³/mol. The summed E-state index contributed by atoms with van der Waals surface area (Å²) in [5.74, 6) is -0.0294. The summed E-state index contributed by atoms with van der Waals surface area (Å²) >= 11 is 0. The van der Waals surface area contributed by atoms with E-state index in [4.69, 9.17) is 14.2 Å². The van der Waals surface area contributed by atoms with Crippen molar-refractivity contribution in [2.45, 2.75) is 39.8 Å². The summed E-state index contributed by atoms with van der Waals surface area (Å²) in [6.07, 6.45) is 0.834. The number of benzene rings is 3. The molecule has 42 heavy (non-hydrogen) atoms. The Kier molecular flexibility index (Phi) is 10.6. The number of ether oxygens (including phenoxy) is 3. The summed E-state index contributed by atoms with van der Waals surface area (Å²) in [6.45, 7) is 9.55. The molecule has 1 atom stereocenters. The Morgan fingerprint density at radius 1 is 0.905 bits per heavy atom. The summed E-state index contributed by atoms with van der Waals surface area (Å²) in [7, 11) is 1.55. The number of rotatable bonds is 14. The van der Waals surface area contributed by atoms with Crippen molar-refractivity contribution in [3.63, 3.8) is 0 Å². The van der Waals surface area contributed by atoms with Crippen molar-refractivity contribution in [1.82, 2.24) is 9.80 Å². The summed E-state index contributed by atoms with van der Waals surface area (Å²) in [5, 5.41) is 11.5. The van der Waals surface area contributed by atoms with Crippen LogP contribution in [0, 0.1) is 0 Å². The van der Waals surface area contributed by atoms with Gasteiger partial charge in [0.2, 0.25) is 0 Å². The second-order valence-corrected chi connectivity index (χ2v) is 10.1. The molecule has 1 aliphatic rings. The molecule has 0 aliphatic carbocycles. The van der Waals surface area contributed by atoms with Crippen LogP contribution in [0.1, 0.15) is 49.9 Å². The average Bonchev–Trinajstić information content (AvgIpc) is 3.28. The van der Waals surface area contributed by atoms with Gasteiger partial charge in [0.15, 0.2) is 11.5 Å². The van der Waals surface area contributed by atoms with E-state index in [-0.39, 0.29) is 11.3 Å². The molecule has 0 aromatic heterocycles. The van der Waals surface area contributed by atoms with E-state index in [1.54, 1.807) is 48.4 Å². The molecule has 1 heterocycles. The fourth-order valence-electron chi connectivity index (χ4n) is 5.06. The van der Waals surface area contributed by atoms with E-state index in [9.17, 15) is 14.7 Å². The van der Waals surface area contributed by atoms with Crippen LogP contribution in [0.2, 0.25) is 0 Å². The molecule has 1 fully saturated rings. The number of nitrogens with zero attached hydrogens (tertiary/aromatic N) is 2. The highest BCUT2D eigenvalue weighted by Crippen LogP contribution is 2.42. The molecule has 3 aromatic carbocycles. The zero-order valence-electron chi connectivity index (χ0n) is 24.8. The highest BCUT2D eigenvalue weighted by molar-refractivity contribution is 6.46. The molecule has 1 aliphatic heterocycles. The number of hydrogen-bond donors (Lipinski definition) is 1. The second kappa shape index (κ2) is 14.5. The first-order valence-electron chi connectivity index (χ1n) is 14.5. The van der Waals surface area contributed by atoms with Crippen molar-refractivity contribution in [2.75, 3.05) is 39.9 Å². The first-order chi connectivity index (χ1) is 20.4. The van der Waals surface area contributed by atoms with Crippen LogP contribution in [0.3, 0.4) is 0 Å². The van der Waals surface area contributed by atoms with E-state index in [0.29, 0.717) is 54.7 Å². The van der Waals surface area contributed by atoms with E-state index >= 15 is 0 Å². The number of Topliss-reactive ketones (excluding diaryl/α,β-unsaturated/α-hetero) is 1. The van der Waals surface area contributed by atoms with Gasteiger partial charge in [-0.2, -0.15) is 0 Å². The van der Waals surface area contributed by atoms with Crippen LogP contribution in [0.4, 0.5) is 0 Å². The summed E-state index contributed by atoms with van der Waals surface area (Å²) in [6, 6.07) is 21.3. The number of methoxy groups -OCH3 is 1. The van der Waals surface area contributed by atoms with Gasteiger partial charge in [-0.3, -0.25) is 9.59 Å². The molecule has 8 heteroatoms. The maximum absolute atomic E-state index is 13.5. The summed E-state index contributed by atoms with van der Waals surface area (Å²) in [5.41, 5.74) is 2.09. The third kappa shape index (κ3) is 6.94. The highest BCUT2D eigenvalue weighted by atomic mass is 16.5. The molecular formula is C34H40N2O6. The molecule has 4 rings (SSSR count). The van der Waals surface area contributed by atoms with Crippen molar-refractivity contribution in [1.29, 1.82) is 0 Å². The molecule has 8 nitrogen and oxygen atoms in total. The number of amides is 1. The van der Waals surface area contributed by atoms with Gasteiger partial charge >= 0.3 is 0 Å². The van der Waals surface area contributed by atoms with Crippen LogP contribution in [0.25, 0.3) is 5.76 Å². The lowest BCUT2D eigenvalue weighted by atomic mass is 9.95. The lowest BCUT2D eigenvalue weighted by Gasteiger charge is -2.28. The zero-order valence-corrected chi connectivity index (χ0v) is 24.8. The van der Waals surface area contributed by atoms with Gasteiger partial charge in [0.25, 0.3) is 11.7 Å². The molecule has 0 radical (unpaired) electrons. The molecule has 1 amide bonds. The minimum atomic E-state index is -0.808. The lowest BCUT2D eigenvalue weighted by molar-refractivity contribution is -0.140. The predicted octanol–water partition coefficient (Wildman–Crippen LogP) is 5.83. The largest absolute Gasteiger partial charge is 0.507 e. The Balaban J connectivity index is 1.75. The number of carbonyl (C=O) groups is 2. The molecule has 3 aromatic rings. The fourth-order valence-corrected chi connectivity index (χ4v) is 5.06. The van der Waals surface area contributed by atoms with Gasteiger partial charge in [-0.15, -0.1) is 0 Å². The van der Waals surface area contributed by atoms with Crippen LogP contribution >= 0.6 is 0 Å². The number of ketones is 1. The molecule has 1 unspecified atom stereocenters. The Labute approximate surface area is 248 Å². The van der Waals surface area contributed by atoms with Gasteiger partial charge in [0, 0.05) is 18.7 Å². The minimum Gasteiger partial charge on any atom is -0.507 e. The van der Waals surface area contributed by atoms with E-state index < -0.39 is 17.7 Å². The van der Waals surface area contributed by atoms with E-state index in [1.807, 2.05) is 43.3 Å². The summed E-state index contributed by atoms with van der Waals surface area (Å²) < 4.78 is 17.5. The number of likely N-dealkylation sites (N-methyl/N-ethyl adjacent to an activating group) is 1. The Bertz CT molecular complexity index is 1400. The maximum atomic E-state index is 13.5. The summed E-state index contributed by atoms with van der Waals surface area (Å²) in [4.78, 5) is 30.7. The van der Waals surface area contributed by atoms with Crippen LogP contribution in [0.15, 0.2) is 78.4 Å². The molecule has 0 spiro atoms. The van der Waals surface area contributed by atoms with Gasteiger partial charge in [-0.25, -0.2) is 0 Å². The Hall–Kier alpha value is -4.30. The number of hydrogen-bond acceptors (Lipinski definition) is 7. The van der Waals surface area contributed by atoms with Gasteiger partial charge in [-0.05, 0) is 54.9 Å². The topological polar surface area (TPSA) is 88.5 Å². The number of aliphatic hydroxyl groups excluding tert-OH is 1. The Morgan fingerprint density at radius 3 is 2.36 bits per heavy atom.